The lowest BCUT2D eigenvalue weighted by Gasteiger charge is -2.22. The second kappa shape index (κ2) is 5.21. The highest BCUT2D eigenvalue weighted by molar-refractivity contribution is 7.05. The molecule has 1 aromatic rings. The first kappa shape index (κ1) is 12.0. The number of nitrogens with zero attached hydrogens (tertiary/aromatic N) is 2. The van der Waals surface area contributed by atoms with Gasteiger partial charge in [-0.3, -0.25) is 11.3 Å². The SMILES string of the molecule is CC(C)c1nnsc1C(NN)C1CCCC1. The van der Waals surface area contributed by atoms with E-state index in [1.807, 2.05) is 0 Å². The molecular weight excluding hydrogens is 220 g/mol. The second-order valence-electron chi connectivity index (χ2n) is 4.87. The van der Waals surface area contributed by atoms with Crippen LogP contribution in [0.1, 0.15) is 62.1 Å². The molecule has 4 nitrogen and oxygen atoms in total. The molecule has 1 saturated carbocycles. The van der Waals surface area contributed by atoms with Gasteiger partial charge in [-0.2, -0.15) is 0 Å². The van der Waals surface area contributed by atoms with E-state index >= 15 is 0 Å². The Morgan fingerprint density at radius 3 is 2.62 bits per heavy atom. The summed E-state index contributed by atoms with van der Waals surface area (Å²) in [6.07, 6.45) is 5.19. The van der Waals surface area contributed by atoms with Gasteiger partial charge in [-0.05, 0) is 36.2 Å². The summed E-state index contributed by atoms with van der Waals surface area (Å²) >= 11 is 1.49. The third-order valence-corrected chi connectivity index (χ3v) is 4.24. The number of nitrogens with two attached hydrogens (primary N) is 1. The van der Waals surface area contributed by atoms with Crippen molar-refractivity contribution in [2.45, 2.75) is 51.5 Å². The largest absolute Gasteiger partial charge is 0.271 e. The zero-order valence-electron chi connectivity index (χ0n) is 9.94. The van der Waals surface area contributed by atoms with Gasteiger partial charge < -0.3 is 0 Å². The van der Waals surface area contributed by atoms with E-state index in [1.54, 1.807) is 0 Å². The van der Waals surface area contributed by atoms with Gasteiger partial charge in [0.25, 0.3) is 0 Å². The maximum Gasteiger partial charge on any atom is 0.0829 e. The van der Waals surface area contributed by atoms with Crippen molar-refractivity contribution in [3.05, 3.63) is 10.6 Å². The Morgan fingerprint density at radius 2 is 2.06 bits per heavy atom. The van der Waals surface area contributed by atoms with Crippen molar-refractivity contribution in [3.8, 4) is 0 Å². The summed E-state index contributed by atoms with van der Waals surface area (Å²) in [5, 5.41) is 4.23. The van der Waals surface area contributed by atoms with Crippen molar-refractivity contribution < 1.29 is 0 Å². The van der Waals surface area contributed by atoms with Crippen LogP contribution in [0.5, 0.6) is 0 Å². The number of hydrogen-bond acceptors (Lipinski definition) is 5. The van der Waals surface area contributed by atoms with Gasteiger partial charge in [0, 0.05) is 0 Å². The first-order chi connectivity index (χ1) is 7.74. The van der Waals surface area contributed by atoms with Crippen LogP contribution in [0.25, 0.3) is 0 Å². The molecule has 0 bridgehead atoms. The summed E-state index contributed by atoms with van der Waals surface area (Å²) in [5.41, 5.74) is 4.08. The van der Waals surface area contributed by atoms with E-state index in [2.05, 4.69) is 28.9 Å². The van der Waals surface area contributed by atoms with Gasteiger partial charge in [0.1, 0.15) is 0 Å². The maximum atomic E-state index is 5.71. The van der Waals surface area contributed by atoms with E-state index < -0.39 is 0 Å². The zero-order chi connectivity index (χ0) is 11.5. The van der Waals surface area contributed by atoms with Gasteiger partial charge in [0.05, 0.1) is 16.6 Å². The number of rotatable bonds is 4. The van der Waals surface area contributed by atoms with Gasteiger partial charge in [-0.1, -0.05) is 31.2 Å². The zero-order valence-corrected chi connectivity index (χ0v) is 10.8. The van der Waals surface area contributed by atoms with Crippen molar-refractivity contribution in [1.82, 2.24) is 15.0 Å². The van der Waals surface area contributed by atoms with Gasteiger partial charge >= 0.3 is 0 Å². The molecule has 16 heavy (non-hydrogen) atoms. The average molecular weight is 240 g/mol. The average Bonchev–Trinajstić information content (AvgIpc) is 2.88. The molecule has 1 aromatic heterocycles. The monoisotopic (exact) mass is 240 g/mol. The van der Waals surface area contributed by atoms with E-state index in [4.69, 9.17) is 5.84 Å². The minimum atomic E-state index is 0.250. The van der Waals surface area contributed by atoms with Crippen LogP contribution in [-0.4, -0.2) is 9.59 Å². The minimum Gasteiger partial charge on any atom is -0.271 e. The van der Waals surface area contributed by atoms with Crippen LogP contribution < -0.4 is 11.3 Å². The Balaban J connectivity index is 2.21. The summed E-state index contributed by atoms with van der Waals surface area (Å²) in [6, 6.07) is 0.250. The van der Waals surface area contributed by atoms with Crippen LogP contribution in [-0.2, 0) is 0 Å². The molecule has 90 valence electrons. The number of nitrogens with one attached hydrogen (secondary N) is 1. The predicted molar refractivity (Wildman–Crippen MR) is 66.0 cm³/mol. The number of aromatic nitrogens is 2. The van der Waals surface area contributed by atoms with Crippen molar-refractivity contribution in [2.24, 2.45) is 11.8 Å². The van der Waals surface area contributed by atoms with Gasteiger partial charge in [0.2, 0.25) is 0 Å². The van der Waals surface area contributed by atoms with Gasteiger partial charge in [-0.15, -0.1) is 5.10 Å². The van der Waals surface area contributed by atoms with E-state index in [0.717, 1.165) is 5.69 Å². The van der Waals surface area contributed by atoms with Crippen LogP contribution in [0.15, 0.2) is 0 Å². The summed E-state index contributed by atoms with van der Waals surface area (Å²) in [7, 11) is 0. The Morgan fingerprint density at radius 1 is 1.38 bits per heavy atom. The lowest BCUT2D eigenvalue weighted by molar-refractivity contribution is 0.375. The quantitative estimate of drug-likeness (QED) is 0.626. The molecule has 1 aliphatic rings. The molecule has 5 heteroatoms. The smallest absolute Gasteiger partial charge is 0.0829 e. The third-order valence-electron chi connectivity index (χ3n) is 3.42. The van der Waals surface area contributed by atoms with Crippen molar-refractivity contribution in [1.29, 1.82) is 0 Å². The lowest BCUT2D eigenvalue weighted by Crippen LogP contribution is -2.32. The highest BCUT2D eigenvalue weighted by Gasteiger charge is 2.29. The fourth-order valence-corrected chi connectivity index (χ4v) is 3.50. The molecule has 0 amide bonds. The van der Waals surface area contributed by atoms with Gasteiger partial charge in [0.15, 0.2) is 0 Å². The van der Waals surface area contributed by atoms with E-state index in [-0.39, 0.29) is 6.04 Å². The molecule has 0 saturated heterocycles. The Bertz CT molecular complexity index is 330. The van der Waals surface area contributed by atoms with Gasteiger partial charge in [-0.25, -0.2) is 0 Å². The standard InChI is InChI=1S/C11H20N4S/c1-7(2)9-11(16-15-14-9)10(13-12)8-5-3-4-6-8/h7-8,10,13H,3-6,12H2,1-2H3. The molecule has 0 radical (unpaired) electrons. The van der Waals surface area contributed by atoms with E-state index in [9.17, 15) is 0 Å². The third kappa shape index (κ3) is 2.26. The molecule has 3 N–H and O–H groups in total. The molecule has 1 atom stereocenters. The summed E-state index contributed by atoms with van der Waals surface area (Å²) in [5.74, 6) is 6.79. The number of hydrazine groups is 1. The molecule has 0 aromatic carbocycles. The van der Waals surface area contributed by atoms with Crippen LogP contribution >= 0.6 is 11.5 Å². The van der Waals surface area contributed by atoms with E-state index in [1.165, 1.54) is 42.1 Å². The minimum absolute atomic E-state index is 0.250. The summed E-state index contributed by atoms with van der Waals surface area (Å²) in [6.45, 7) is 4.31. The van der Waals surface area contributed by atoms with Crippen LogP contribution in [0, 0.1) is 5.92 Å². The highest BCUT2D eigenvalue weighted by Crippen LogP contribution is 2.38. The second-order valence-corrected chi connectivity index (χ2v) is 5.65. The topological polar surface area (TPSA) is 63.8 Å². The fraction of sp³-hybridized carbons (Fsp3) is 0.818. The van der Waals surface area contributed by atoms with Crippen molar-refractivity contribution >= 4 is 11.5 Å². The number of hydrogen-bond donors (Lipinski definition) is 2. The molecule has 2 rings (SSSR count). The first-order valence-electron chi connectivity index (χ1n) is 6.02. The van der Waals surface area contributed by atoms with Crippen LogP contribution in [0.4, 0.5) is 0 Å². The van der Waals surface area contributed by atoms with Crippen molar-refractivity contribution in [2.75, 3.05) is 0 Å². The fourth-order valence-electron chi connectivity index (χ4n) is 2.54. The summed E-state index contributed by atoms with van der Waals surface area (Å²) in [4.78, 5) is 1.24. The summed E-state index contributed by atoms with van der Waals surface area (Å²) < 4.78 is 4.08. The van der Waals surface area contributed by atoms with Crippen LogP contribution in [0.3, 0.4) is 0 Å². The maximum absolute atomic E-state index is 5.71. The van der Waals surface area contributed by atoms with Crippen LogP contribution in [0.2, 0.25) is 0 Å². The lowest BCUT2D eigenvalue weighted by atomic mass is 9.94. The molecule has 1 fully saturated rings. The molecule has 1 aliphatic carbocycles. The van der Waals surface area contributed by atoms with Crippen molar-refractivity contribution in [3.63, 3.8) is 0 Å². The molecule has 0 aliphatic heterocycles. The molecular formula is C11H20N4S. The predicted octanol–water partition coefficient (Wildman–Crippen LogP) is 2.36. The Kier molecular flexibility index (Phi) is 3.89. The first-order valence-corrected chi connectivity index (χ1v) is 6.79. The van der Waals surface area contributed by atoms with E-state index in [0.29, 0.717) is 11.8 Å². The Hall–Kier alpha value is -0.520. The normalized spacial score (nSPS) is 19.5. The Labute approximate surface area is 101 Å². The molecule has 1 heterocycles. The highest BCUT2D eigenvalue weighted by atomic mass is 32.1. The molecule has 0 spiro atoms. The molecule has 1 unspecified atom stereocenters.